The number of rotatable bonds is 5. The average molecular weight is 316 g/mol. The van der Waals surface area contributed by atoms with Crippen molar-refractivity contribution in [1.29, 1.82) is 0 Å². The predicted octanol–water partition coefficient (Wildman–Crippen LogP) is 4.19. The summed E-state index contributed by atoms with van der Waals surface area (Å²) in [6.45, 7) is 0.631. The smallest absolute Gasteiger partial charge is 0.123 e. The van der Waals surface area contributed by atoms with Gasteiger partial charge in [-0.15, -0.1) is 0 Å². The van der Waals surface area contributed by atoms with Gasteiger partial charge >= 0.3 is 0 Å². The topological polar surface area (TPSA) is 37.0 Å². The Labute approximate surface area is 132 Å². The first kappa shape index (κ1) is 14.9. The number of halogens is 1. The van der Waals surface area contributed by atoms with Crippen LogP contribution in [0.25, 0.3) is 10.9 Å². The van der Waals surface area contributed by atoms with E-state index in [9.17, 15) is 4.39 Å². The lowest BCUT2D eigenvalue weighted by Crippen LogP contribution is -2.06. The first-order valence-corrected chi connectivity index (χ1v) is 7.79. The maximum absolute atomic E-state index is 13.4. The minimum Gasteiger partial charge on any atom is -0.497 e. The first-order chi connectivity index (χ1) is 10.7. The van der Waals surface area contributed by atoms with Crippen molar-refractivity contribution in [2.24, 2.45) is 0 Å². The molecule has 0 aliphatic rings. The van der Waals surface area contributed by atoms with Crippen LogP contribution < -0.4 is 10.1 Å². The molecule has 0 unspecified atom stereocenters. The lowest BCUT2D eigenvalue weighted by atomic mass is 10.2. The van der Waals surface area contributed by atoms with Crippen molar-refractivity contribution in [2.45, 2.75) is 16.3 Å². The van der Waals surface area contributed by atoms with Crippen molar-refractivity contribution in [3.8, 4) is 5.75 Å². The first-order valence-electron chi connectivity index (χ1n) is 6.97. The molecule has 5 heteroatoms. The Kier molecular flexibility index (Phi) is 4.36. The molecule has 0 fully saturated rings. The van der Waals surface area contributed by atoms with Crippen LogP contribution in [0.15, 0.2) is 52.4 Å². The molecule has 0 aliphatic carbocycles. The standard InChI is InChI=1S/C17H17FN2OS/c1-19-9-11-7-12(18)3-6-16(11)22-17-10-20-15-5-4-13(21-2)8-14(15)17/h3-8,10,19-20H,9H2,1-2H3. The van der Waals surface area contributed by atoms with Gasteiger partial charge in [-0.1, -0.05) is 11.8 Å². The van der Waals surface area contributed by atoms with Gasteiger partial charge in [0.15, 0.2) is 0 Å². The highest BCUT2D eigenvalue weighted by Gasteiger charge is 2.10. The number of aromatic amines is 1. The summed E-state index contributed by atoms with van der Waals surface area (Å²) < 4.78 is 18.7. The average Bonchev–Trinajstić information content (AvgIpc) is 2.92. The van der Waals surface area contributed by atoms with Gasteiger partial charge in [-0.2, -0.15) is 0 Å². The monoisotopic (exact) mass is 316 g/mol. The lowest BCUT2D eigenvalue weighted by molar-refractivity contribution is 0.415. The minimum absolute atomic E-state index is 0.213. The molecule has 0 aliphatic heterocycles. The van der Waals surface area contributed by atoms with Crippen LogP contribution in [0.5, 0.6) is 5.75 Å². The highest BCUT2D eigenvalue weighted by atomic mass is 32.2. The second-order valence-electron chi connectivity index (χ2n) is 4.95. The Hall–Kier alpha value is -1.98. The summed E-state index contributed by atoms with van der Waals surface area (Å²) in [5.74, 6) is 0.610. The summed E-state index contributed by atoms with van der Waals surface area (Å²) in [4.78, 5) is 5.39. The Bertz CT molecular complexity index is 800. The third kappa shape index (κ3) is 2.96. The van der Waals surface area contributed by atoms with Crippen LogP contribution in [-0.4, -0.2) is 19.1 Å². The SMILES string of the molecule is CNCc1cc(F)ccc1Sc1c[nH]c2ccc(OC)cc12. The Balaban J connectivity index is 1.99. The third-order valence-electron chi connectivity index (χ3n) is 3.46. The van der Waals surface area contributed by atoms with Crippen LogP contribution in [0.2, 0.25) is 0 Å². The zero-order valence-corrected chi connectivity index (χ0v) is 13.3. The van der Waals surface area contributed by atoms with Gasteiger partial charge in [0.1, 0.15) is 11.6 Å². The number of hydrogen-bond acceptors (Lipinski definition) is 3. The fourth-order valence-electron chi connectivity index (χ4n) is 2.38. The predicted molar refractivity (Wildman–Crippen MR) is 88.1 cm³/mol. The normalized spacial score (nSPS) is 11.0. The molecule has 22 heavy (non-hydrogen) atoms. The summed E-state index contributed by atoms with van der Waals surface area (Å²) in [6, 6.07) is 10.8. The van der Waals surface area contributed by atoms with E-state index in [-0.39, 0.29) is 5.82 Å². The quantitative estimate of drug-likeness (QED) is 0.741. The Morgan fingerprint density at radius 1 is 1.18 bits per heavy atom. The molecule has 114 valence electrons. The molecule has 0 atom stereocenters. The van der Waals surface area contributed by atoms with Gasteiger partial charge < -0.3 is 15.0 Å². The van der Waals surface area contributed by atoms with Crippen molar-refractivity contribution in [3.05, 3.63) is 54.0 Å². The molecule has 0 radical (unpaired) electrons. The second-order valence-corrected chi connectivity index (χ2v) is 6.03. The van der Waals surface area contributed by atoms with Crippen molar-refractivity contribution in [2.75, 3.05) is 14.2 Å². The molecule has 3 rings (SSSR count). The van der Waals surface area contributed by atoms with Crippen molar-refractivity contribution >= 4 is 22.7 Å². The van der Waals surface area contributed by atoms with Gasteiger partial charge in [0.2, 0.25) is 0 Å². The minimum atomic E-state index is -0.213. The molecule has 1 heterocycles. The number of benzene rings is 2. The van der Waals surface area contributed by atoms with E-state index < -0.39 is 0 Å². The van der Waals surface area contributed by atoms with E-state index in [4.69, 9.17) is 4.74 Å². The molecule has 0 saturated carbocycles. The van der Waals surface area contributed by atoms with E-state index in [1.54, 1.807) is 24.9 Å². The van der Waals surface area contributed by atoms with Crippen LogP contribution in [-0.2, 0) is 6.54 Å². The summed E-state index contributed by atoms with van der Waals surface area (Å²) in [7, 11) is 3.52. The molecule has 3 nitrogen and oxygen atoms in total. The van der Waals surface area contributed by atoms with Crippen LogP contribution >= 0.6 is 11.8 Å². The molecule has 0 saturated heterocycles. The van der Waals surface area contributed by atoms with E-state index in [2.05, 4.69) is 10.3 Å². The number of fused-ring (bicyclic) bond motifs is 1. The van der Waals surface area contributed by atoms with Gasteiger partial charge in [-0.05, 0) is 49.0 Å². The second kappa shape index (κ2) is 6.42. The highest BCUT2D eigenvalue weighted by molar-refractivity contribution is 7.99. The molecular formula is C17H17FN2OS. The van der Waals surface area contributed by atoms with Crippen LogP contribution in [0.4, 0.5) is 4.39 Å². The number of ether oxygens (including phenoxy) is 1. The maximum atomic E-state index is 13.4. The van der Waals surface area contributed by atoms with Gasteiger partial charge in [0, 0.05) is 33.4 Å². The van der Waals surface area contributed by atoms with E-state index in [0.717, 1.165) is 32.0 Å². The third-order valence-corrected chi connectivity index (χ3v) is 4.64. The fourth-order valence-corrected chi connectivity index (χ4v) is 3.41. The Morgan fingerprint density at radius 2 is 2.05 bits per heavy atom. The number of methoxy groups -OCH3 is 1. The van der Waals surface area contributed by atoms with E-state index in [1.807, 2.05) is 37.5 Å². The largest absolute Gasteiger partial charge is 0.497 e. The summed E-state index contributed by atoms with van der Waals surface area (Å²) in [5, 5.41) is 4.18. The molecule has 0 bridgehead atoms. The fraction of sp³-hybridized carbons (Fsp3) is 0.176. The van der Waals surface area contributed by atoms with E-state index in [0.29, 0.717) is 6.54 Å². The Morgan fingerprint density at radius 3 is 2.82 bits per heavy atom. The molecule has 0 spiro atoms. The van der Waals surface area contributed by atoms with Crippen molar-refractivity contribution < 1.29 is 9.13 Å². The molecular weight excluding hydrogens is 299 g/mol. The number of nitrogens with one attached hydrogen (secondary N) is 2. The lowest BCUT2D eigenvalue weighted by Gasteiger charge is -2.09. The summed E-state index contributed by atoms with van der Waals surface area (Å²) in [6.07, 6.45) is 1.97. The number of hydrogen-bond donors (Lipinski definition) is 2. The van der Waals surface area contributed by atoms with Gasteiger partial charge in [-0.25, -0.2) is 4.39 Å². The van der Waals surface area contributed by atoms with Crippen molar-refractivity contribution in [1.82, 2.24) is 10.3 Å². The molecule has 3 aromatic rings. The van der Waals surface area contributed by atoms with Crippen LogP contribution in [0.1, 0.15) is 5.56 Å². The van der Waals surface area contributed by atoms with Crippen molar-refractivity contribution in [3.63, 3.8) is 0 Å². The maximum Gasteiger partial charge on any atom is 0.123 e. The highest BCUT2D eigenvalue weighted by Crippen LogP contribution is 2.36. The van der Waals surface area contributed by atoms with E-state index >= 15 is 0 Å². The molecule has 1 aromatic heterocycles. The van der Waals surface area contributed by atoms with Crippen LogP contribution in [0, 0.1) is 5.82 Å². The van der Waals surface area contributed by atoms with Crippen LogP contribution in [0.3, 0.4) is 0 Å². The van der Waals surface area contributed by atoms with Gasteiger partial charge in [0.25, 0.3) is 0 Å². The summed E-state index contributed by atoms with van der Waals surface area (Å²) in [5.41, 5.74) is 2.00. The summed E-state index contributed by atoms with van der Waals surface area (Å²) >= 11 is 1.62. The van der Waals surface area contributed by atoms with Gasteiger partial charge in [-0.3, -0.25) is 0 Å². The number of aromatic nitrogens is 1. The zero-order chi connectivity index (χ0) is 15.5. The molecule has 0 amide bonds. The zero-order valence-electron chi connectivity index (χ0n) is 12.4. The van der Waals surface area contributed by atoms with Gasteiger partial charge in [0.05, 0.1) is 7.11 Å². The molecule has 2 N–H and O–H groups in total. The van der Waals surface area contributed by atoms with E-state index in [1.165, 1.54) is 6.07 Å². The number of H-pyrrole nitrogens is 1. The molecule has 2 aromatic carbocycles.